The average molecular weight is 676 g/mol. The van der Waals surface area contributed by atoms with E-state index in [1.165, 1.54) is 0 Å². The molecule has 0 heterocycles. The Balaban J connectivity index is -0.000000249. The van der Waals surface area contributed by atoms with Gasteiger partial charge in [-0.3, -0.25) is 4.79 Å². The first kappa shape index (κ1) is 49.6. The Labute approximate surface area is 270 Å². The monoisotopic (exact) mass is 674 g/mol. The molecule has 264 valence electrons. The molecule has 0 unspecified atom stereocenters. The minimum atomic E-state index is -0.889. The van der Waals surface area contributed by atoms with E-state index >= 15 is 0 Å². The molecule has 0 aliphatic rings. The third-order valence-electron chi connectivity index (χ3n) is 5.41. The van der Waals surface area contributed by atoms with Gasteiger partial charge < -0.3 is 56.8 Å². The summed E-state index contributed by atoms with van der Waals surface area (Å²) in [5.74, 6) is 0. The maximum atomic E-state index is 8.98. The van der Waals surface area contributed by atoms with Crippen LogP contribution in [-0.2, 0) is 56.8 Å². The number of rotatable bonds is 24. The Kier molecular flexibility index (Phi) is 40.0. The highest BCUT2D eigenvalue weighted by molar-refractivity contribution is 6.93. The van der Waals surface area contributed by atoms with Gasteiger partial charge in [0.1, 0.15) is 0 Å². The lowest BCUT2D eigenvalue weighted by atomic mass is 9.92. The van der Waals surface area contributed by atoms with Crippen LogP contribution in [0.1, 0.15) is 0 Å². The molecule has 0 radical (unpaired) electrons. The zero-order chi connectivity index (χ0) is 34.0. The molecule has 0 bridgehead atoms. The summed E-state index contributed by atoms with van der Waals surface area (Å²) in [4.78, 5) is 8.98. The fraction of sp³-hybridized carbons (Fsp3) is 0.964. The average Bonchev–Trinajstić information content (AvgIpc) is 2.91. The molecule has 0 aliphatic carbocycles. The molecular weight excluding hydrogens is 615 g/mol. The number of halogens is 2. The molecule has 0 aliphatic heterocycles. The fourth-order valence-electron chi connectivity index (χ4n) is 4.42. The van der Waals surface area contributed by atoms with Crippen LogP contribution in [0.3, 0.4) is 0 Å². The number of hydrogen-bond acceptors (Lipinski definition) is 13. The number of methoxy groups -OCH3 is 12. The van der Waals surface area contributed by atoms with Gasteiger partial charge in [0.05, 0.1) is 95.5 Å². The lowest BCUT2D eigenvalue weighted by molar-refractivity contribution is -0.0761. The van der Waals surface area contributed by atoms with Crippen LogP contribution >= 0.6 is 23.2 Å². The Morgan fingerprint density at radius 1 is 0.326 bits per heavy atom. The Hall–Kier alpha value is -0.230. The first-order chi connectivity index (χ1) is 20.5. The summed E-state index contributed by atoms with van der Waals surface area (Å²) < 4.78 is 60.6. The highest BCUT2D eigenvalue weighted by Gasteiger charge is 2.32. The summed E-state index contributed by atoms with van der Waals surface area (Å²) in [6.45, 7) is 6.86. The molecule has 13 nitrogen and oxygen atoms in total. The van der Waals surface area contributed by atoms with E-state index in [4.69, 9.17) is 61.6 Å². The zero-order valence-corrected chi connectivity index (χ0v) is 30.1. The van der Waals surface area contributed by atoms with E-state index in [0.717, 1.165) is 0 Å². The first-order valence-electron chi connectivity index (χ1n) is 13.2. The van der Waals surface area contributed by atoms with Gasteiger partial charge >= 0.3 is 4.70 Å². The number of hydrogen-bond donors (Lipinski definition) is 0. The molecule has 0 spiro atoms. The van der Waals surface area contributed by atoms with Crippen molar-refractivity contribution in [2.75, 3.05) is 165 Å². The number of carbonyl (C=O) groups excluding carboxylic acids is 1. The highest BCUT2D eigenvalue weighted by atomic mass is 35.5. The molecule has 43 heavy (non-hydrogen) atoms. The zero-order valence-electron chi connectivity index (χ0n) is 28.5. The molecule has 0 amide bonds. The Morgan fingerprint density at radius 2 is 0.395 bits per heavy atom. The number of ether oxygens (including phenoxy) is 12. The van der Waals surface area contributed by atoms with Crippen LogP contribution in [0.2, 0.25) is 0 Å². The number of carbonyl (C=O) groups is 1. The summed E-state index contributed by atoms with van der Waals surface area (Å²) in [5.41, 5.74) is -0.562. The molecule has 0 aromatic heterocycles. The Bertz CT molecular complexity index is 416. The van der Waals surface area contributed by atoms with Crippen molar-refractivity contribution in [2.45, 2.75) is 0 Å². The van der Waals surface area contributed by atoms with Crippen LogP contribution in [0.15, 0.2) is 0 Å². The third kappa shape index (κ3) is 29.0. The highest BCUT2D eigenvalue weighted by Crippen LogP contribution is 2.20. The van der Waals surface area contributed by atoms with Crippen molar-refractivity contribution >= 4 is 27.9 Å². The lowest BCUT2D eigenvalue weighted by Crippen LogP contribution is -2.40. The molecule has 0 fully saturated rings. The molecule has 15 heteroatoms. The molecule has 0 N–H and O–H groups in total. The summed E-state index contributed by atoms with van der Waals surface area (Å²) in [7, 11) is 19.9. The van der Waals surface area contributed by atoms with Crippen molar-refractivity contribution in [3.63, 3.8) is 0 Å². The van der Waals surface area contributed by atoms with Crippen molar-refractivity contribution in [1.29, 1.82) is 0 Å². The molecule has 0 atom stereocenters. The molecular formula is C28H60Cl2O13. The van der Waals surface area contributed by atoms with Crippen molar-refractivity contribution in [2.24, 2.45) is 16.2 Å². The predicted octanol–water partition coefficient (Wildman–Crippen LogP) is 3.26. The SMILES string of the molecule is COCC(COC)(COC)COC.COCC(COC)(COC)COC.COCC(COC)(COC)COC.O=C(Cl)Cl. The molecule has 0 aromatic carbocycles. The molecule has 0 aromatic rings. The van der Waals surface area contributed by atoms with Crippen molar-refractivity contribution in [1.82, 2.24) is 0 Å². The maximum Gasteiger partial charge on any atom is 0.313 e. The summed E-state index contributed by atoms with van der Waals surface area (Å²) >= 11 is 8.80. The summed E-state index contributed by atoms with van der Waals surface area (Å²) in [5, 5.41) is 0. The quantitative estimate of drug-likeness (QED) is 0.139. The normalized spacial score (nSPS) is 11.5. The van der Waals surface area contributed by atoms with Crippen molar-refractivity contribution < 1.29 is 61.6 Å². The van der Waals surface area contributed by atoms with E-state index in [0.29, 0.717) is 79.3 Å². The van der Waals surface area contributed by atoms with Crippen LogP contribution in [0.25, 0.3) is 0 Å². The molecule has 0 saturated heterocycles. The second-order valence-electron chi connectivity index (χ2n) is 9.92. The molecule has 0 saturated carbocycles. The molecule has 0 rings (SSSR count). The van der Waals surface area contributed by atoms with E-state index < -0.39 is 4.70 Å². The topological polar surface area (TPSA) is 128 Å². The van der Waals surface area contributed by atoms with Gasteiger partial charge in [-0.05, 0) is 23.2 Å². The minimum Gasteiger partial charge on any atom is -0.384 e. The maximum absolute atomic E-state index is 8.98. The van der Waals surface area contributed by atoms with Crippen LogP contribution < -0.4 is 0 Å². The predicted molar refractivity (Wildman–Crippen MR) is 167 cm³/mol. The van der Waals surface area contributed by atoms with Crippen LogP contribution in [0, 0.1) is 16.2 Å². The van der Waals surface area contributed by atoms with E-state index in [1.807, 2.05) is 0 Å². The van der Waals surface area contributed by atoms with Gasteiger partial charge in [0.2, 0.25) is 0 Å². The smallest absolute Gasteiger partial charge is 0.313 e. The standard InChI is InChI=1S/3C9H20O4.CCl2O/c3*1-10-5-9(6-11-2,7-12-3)8-13-4;2-1(3)4/h3*5-8H2,1-4H3;. The van der Waals surface area contributed by atoms with Gasteiger partial charge in [0, 0.05) is 85.3 Å². The van der Waals surface area contributed by atoms with Crippen LogP contribution in [0.5, 0.6) is 0 Å². The van der Waals surface area contributed by atoms with Gasteiger partial charge in [-0.1, -0.05) is 0 Å². The summed E-state index contributed by atoms with van der Waals surface area (Å²) in [6, 6.07) is 0. The second-order valence-corrected chi connectivity index (χ2v) is 10.8. The van der Waals surface area contributed by atoms with E-state index in [1.54, 1.807) is 85.3 Å². The van der Waals surface area contributed by atoms with E-state index in [2.05, 4.69) is 23.2 Å². The van der Waals surface area contributed by atoms with Gasteiger partial charge in [-0.2, -0.15) is 0 Å². The van der Waals surface area contributed by atoms with Crippen LogP contribution in [0.4, 0.5) is 4.79 Å². The van der Waals surface area contributed by atoms with Crippen molar-refractivity contribution in [3.05, 3.63) is 0 Å². The second kappa shape index (κ2) is 34.6. The fourth-order valence-corrected chi connectivity index (χ4v) is 4.42. The Morgan fingerprint density at radius 3 is 0.442 bits per heavy atom. The van der Waals surface area contributed by atoms with Gasteiger partial charge in [0.25, 0.3) is 0 Å². The van der Waals surface area contributed by atoms with E-state index in [-0.39, 0.29) is 16.2 Å². The van der Waals surface area contributed by atoms with Gasteiger partial charge in [0.15, 0.2) is 0 Å². The van der Waals surface area contributed by atoms with E-state index in [9.17, 15) is 0 Å². The van der Waals surface area contributed by atoms with Gasteiger partial charge in [-0.25, -0.2) is 0 Å². The first-order valence-corrected chi connectivity index (χ1v) is 13.9. The largest absolute Gasteiger partial charge is 0.384 e. The lowest BCUT2D eigenvalue weighted by Gasteiger charge is -2.30. The summed E-state index contributed by atoms with van der Waals surface area (Å²) in [6.07, 6.45) is 0. The van der Waals surface area contributed by atoms with Crippen LogP contribution in [-0.4, -0.2) is 169 Å². The minimum absolute atomic E-state index is 0.188. The third-order valence-corrected chi connectivity index (χ3v) is 5.41. The van der Waals surface area contributed by atoms with Gasteiger partial charge in [-0.15, -0.1) is 0 Å². The van der Waals surface area contributed by atoms with Crippen molar-refractivity contribution in [3.8, 4) is 0 Å².